The lowest BCUT2D eigenvalue weighted by Gasteiger charge is -2.18. The minimum Gasteiger partial charge on any atom is -0.316 e. The van der Waals surface area contributed by atoms with Gasteiger partial charge in [0.05, 0.1) is 10.2 Å². The zero-order valence-corrected chi connectivity index (χ0v) is 19.2. The van der Waals surface area contributed by atoms with Gasteiger partial charge in [0.2, 0.25) is 0 Å². The molecule has 0 saturated heterocycles. The Kier molecular flexibility index (Phi) is 6.28. The van der Waals surface area contributed by atoms with Crippen LogP contribution < -0.4 is 4.80 Å². The van der Waals surface area contributed by atoms with Crippen LogP contribution in [-0.2, 0) is 12.0 Å². The van der Waals surface area contributed by atoms with Crippen molar-refractivity contribution in [3.8, 4) is 0 Å². The number of aromatic nitrogens is 1. The van der Waals surface area contributed by atoms with Gasteiger partial charge in [0, 0.05) is 22.3 Å². The first-order valence-corrected chi connectivity index (χ1v) is 11.8. The molecule has 1 amide bonds. The molecule has 0 aliphatic heterocycles. The molecule has 142 valence electrons. The first-order chi connectivity index (χ1) is 12.8. The molecule has 3 rings (SSSR count). The lowest BCUT2D eigenvalue weighted by Crippen LogP contribution is -2.18. The second-order valence-electron chi connectivity index (χ2n) is 7.39. The molecule has 0 saturated carbocycles. The molecule has 0 radical (unpaired) electrons. The minimum absolute atomic E-state index is 0.0679. The Balaban J connectivity index is 2.02. The molecule has 3 aromatic rings. The van der Waals surface area contributed by atoms with Gasteiger partial charge in [-0.15, -0.1) is 0 Å². The van der Waals surface area contributed by atoms with Gasteiger partial charge in [0.25, 0.3) is 5.91 Å². The topological polar surface area (TPSA) is 34.4 Å². The van der Waals surface area contributed by atoms with Crippen molar-refractivity contribution < 1.29 is 4.79 Å². The van der Waals surface area contributed by atoms with Gasteiger partial charge in [0.15, 0.2) is 4.80 Å². The van der Waals surface area contributed by atoms with Crippen molar-refractivity contribution in [2.45, 2.75) is 32.7 Å². The molecule has 0 aliphatic rings. The Morgan fingerprint density at radius 1 is 1.19 bits per heavy atom. The Labute approximate surface area is 176 Å². The van der Waals surface area contributed by atoms with E-state index in [2.05, 4.69) is 64.6 Å². The molecule has 1 heterocycles. The van der Waals surface area contributed by atoms with E-state index in [1.54, 1.807) is 23.1 Å². The first kappa shape index (κ1) is 20.4. The summed E-state index contributed by atoms with van der Waals surface area (Å²) >= 11 is 6.87. The average Bonchev–Trinajstić information content (AvgIpc) is 2.95. The van der Waals surface area contributed by atoms with Crippen LogP contribution in [0.5, 0.6) is 0 Å². The summed E-state index contributed by atoms with van der Waals surface area (Å²) in [4.78, 5) is 18.0. The van der Waals surface area contributed by atoms with Gasteiger partial charge in [-0.05, 0) is 47.6 Å². The molecule has 0 spiro atoms. The molecule has 2 aromatic carbocycles. The highest BCUT2D eigenvalue weighted by Gasteiger charge is 2.14. The van der Waals surface area contributed by atoms with Crippen LogP contribution in [0.15, 0.2) is 51.9 Å². The van der Waals surface area contributed by atoms with Crippen molar-refractivity contribution >= 4 is 55.2 Å². The highest BCUT2D eigenvalue weighted by molar-refractivity contribution is 9.10. The van der Waals surface area contributed by atoms with Crippen LogP contribution in [0.25, 0.3) is 10.2 Å². The summed E-state index contributed by atoms with van der Waals surface area (Å²) in [7, 11) is 0. The lowest BCUT2D eigenvalue weighted by molar-refractivity contribution is 0.0998. The van der Waals surface area contributed by atoms with Crippen molar-refractivity contribution in [1.29, 1.82) is 0 Å². The number of aryl methyl sites for hydroxylation is 1. The van der Waals surface area contributed by atoms with Gasteiger partial charge in [-0.25, -0.2) is 0 Å². The fourth-order valence-electron chi connectivity index (χ4n) is 2.80. The lowest BCUT2D eigenvalue weighted by atomic mass is 9.87. The highest BCUT2D eigenvalue weighted by Crippen LogP contribution is 2.24. The second-order valence-corrected chi connectivity index (χ2v) is 10.3. The largest absolute Gasteiger partial charge is 0.316 e. The number of hydrogen-bond acceptors (Lipinski definition) is 3. The Morgan fingerprint density at radius 3 is 2.52 bits per heavy atom. The fourth-order valence-corrected chi connectivity index (χ4v) is 4.77. The van der Waals surface area contributed by atoms with Crippen molar-refractivity contribution in [2.24, 2.45) is 4.99 Å². The summed E-state index contributed by atoms with van der Waals surface area (Å²) in [5.74, 6) is 0.780. The van der Waals surface area contributed by atoms with E-state index in [1.807, 2.05) is 30.3 Å². The quantitative estimate of drug-likeness (QED) is 0.485. The van der Waals surface area contributed by atoms with Gasteiger partial charge in [-0.3, -0.25) is 4.79 Å². The number of thioether (sulfide) groups is 1. The average molecular weight is 463 g/mol. The van der Waals surface area contributed by atoms with Crippen LogP contribution in [-0.4, -0.2) is 22.5 Å². The zero-order chi connectivity index (χ0) is 19.6. The molecular formula is C21H23BrN2OS2. The summed E-state index contributed by atoms with van der Waals surface area (Å²) in [6.07, 6.45) is 2.09. The van der Waals surface area contributed by atoms with Gasteiger partial charge < -0.3 is 4.57 Å². The molecule has 0 aliphatic carbocycles. The van der Waals surface area contributed by atoms with Crippen LogP contribution in [0.4, 0.5) is 0 Å². The van der Waals surface area contributed by atoms with Gasteiger partial charge >= 0.3 is 0 Å². The predicted octanol–water partition coefficient (Wildman–Crippen LogP) is 5.87. The molecule has 3 nitrogen and oxygen atoms in total. The van der Waals surface area contributed by atoms with Crippen molar-refractivity contribution in [2.75, 3.05) is 12.0 Å². The van der Waals surface area contributed by atoms with Crippen molar-refractivity contribution in [3.63, 3.8) is 0 Å². The Bertz CT molecular complexity index is 1030. The number of fused-ring (bicyclic) bond motifs is 1. The second kappa shape index (κ2) is 8.33. The third-order valence-electron chi connectivity index (χ3n) is 4.36. The number of carbonyl (C=O) groups is 1. The number of hydrogen-bond donors (Lipinski definition) is 0. The zero-order valence-electron chi connectivity index (χ0n) is 16.0. The van der Waals surface area contributed by atoms with E-state index in [1.165, 1.54) is 5.56 Å². The number of halogens is 1. The number of carbonyl (C=O) groups excluding carboxylic acids is 1. The summed E-state index contributed by atoms with van der Waals surface area (Å²) in [6, 6.07) is 14.0. The smallest absolute Gasteiger partial charge is 0.279 e. The normalized spacial score (nSPS) is 12.7. The summed E-state index contributed by atoms with van der Waals surface area (Å²) in [5, 5.41) is 0. The molecule has 0 N–H and O–H groups in total. The van der Waals surface area contributed by atoms with Crippen LogP contribution in [0.2, 0.25) is 0 Å². The van der Waals surface area contributed by atoms with E-state index in [-0.39, 0.29) is 11.3 Å². The SMILES string of the molecule is CSCCn1c(=NC(=O)c2ccc(C(C)(C)C)cc2)sc2cc(Br)ccc21. The number of amides is 1. The maximum absolute atomic E-state index is 12.8. The van der Waals surface area contributed by atoms with Gasteiger partial charge in [-0.2, -0.15) is 16.8 Å². The number of nitrogens with zero attached hydrogens (tertiary/aromatic N) is 2. The van der Waals surface area contributed by atoms with Crippen LogP contribution in [0.1, 0.15) is 36.7 Å². The molecule has 0 atom stereocenters. The minimum atomic E-state index is -0.195. The standard InChI is InChI=1S/C21H23BrN2OS2/c1-21(2,3)15-7-5-14(6-8-15)19(25)23-20-24(11-12-26-4)17-10-9-16(22)13-18(17)27-20/h5-10,13H,11-12H2,1-4H3. The van der Waals surface area contributed by atoms with E-state index in [4.69, 9.17) is 0 Å². The third kappa shape index (κ3) is 4.73. The summed E-state index contributed by atoms with van der Waals surface area (Å²) < 4.78 is 4.30. The van der Waals surface area contributed by atoms with E-state index >= 15 is 0 Å². The van der Waals surface area contributed by atoms with Crippen LogP contribution in [0, 0.1) is 0 Å². The number of benzene rings is 2. The molecule has 6 heteroatoms. The Morgan fingerprint density at radius 2 is 1.89 bits per heavy atom. The maximum atomic E-state index is 12.8. The van der Waals surface area contributed by atoms with E-state index < -0.39 is 0 Å². The summed E-state index contributed by atoms with van der Waals surface area (Å²) in [6.45, 7) is 7.33. The molecule has 1 aromatic heterocycles. The molecular weight excluding hydrogens is 440 g/mol. The molecule has 0 bridgehead atoms. The van der Waals surface area contributed by atoms with Crippen molar-refractivity contribution in [1.82, 2.24) is 4.57 Å². The molecule has 27 heavy (non-hydrogen) atoms. The first-order valence-electron chi connectivity index (χ1n) is 8.77. The number of rotatable bonds is 4. The van der Waals surface area contributed by atoms with Gasteiger partial charge in [0.1, 0.15) is 0 Å². The van der Waals surface area contributed by atoms with Crippen molar-refractivity contribution in [3.05, 3.63) is 62.9 Å². The maximum Gasteiger partial charge on any atom is 0.279 e. The van der Waals surface area contributed by atoms with E-state index in [9.17, 15) is 4.79 Å². The van der Waals surface area contributed by atoms with E-state index in [0.717, 1.165) is 31.8 Å². The van der Waals surface area contributed by atoms with Gasteiger partial charge in [-0.1, -0.05) is 60.2 Å². The predicted molar refractivity (Wildman–Crippen MR) is 121 cm³/mol. The third-order valence-corrected chi connectivity index (χ3v) is 6.48. The fraction of sp³-hybridized carbons (Fsp3) is 0.333. The molecule has 0 unspecified atom stereocenters. The Hall–Kier alpha value is -1.37. The molecule has 0 fully saturated rings. The van der Waals surface area contributed by atoms with Crippen LogP contribution in [0.3, 0.4) is 0 Å². The monoisotopic (exact) mass is 462 g/mol. The number of thiazole rings is 1. The summed E-state index contributed by atoms with van der Waals surface area (Å²) in [5.41, 5.74) is 3.02. The van der Waals surface area contributed by atoms with Crippen LogP contribution >= 0.6 is 39.0 Å². The van der Waals surface area contributed by atoms with E-state index in [0.29, 0.717) is 5.56 Å². The highest BCUT2D eigenvalue weighted by atomic mass is 79.9.